The Kier molecular flexibility index (Phi) is 6.52. The average molecular weight is 365 g/mol. The third-order valence-corrected chi connectivity index (χ3v) is 4.39. The van der Waals surface area contributed by atoms with E-state index < -0.39 is 0 Å². The fourth-order valence-corrected chi connectivity index (χ4v) is 2.67. The van der Waals surface area contributed by atoms with Gasteiger partial charge in [0.1, 0.15) is 11.5 Å². The fourth-order valence-electron chi connectivity index (χ4n) is 1.85. The second-order valence-corrected chi connectivity index (χ2v) is 6.34. The zero-order valence-electron chi connectivity index (χ0n) is 13.2. The van der Waals surface area contributed by atoms with E-state index in [9.17, 15) is 9.90 Å². The molecule has 0 aromatic heterocycles. The number of benzene rings is 2. The number of hydrogen-bond donors (Lipinski definition) is 2. The monoisotopic (exact) mass is 364 g/mol. The first-order valence-electron chi connectivity index (χ1n) is 7.08. The molecule has 2 N–H and O–H groups in total. The van der Waals surface area contributed by atoms with Crippen LogP contribution in [0.4, 0.5) is 0 Å². The number of aromatic hydroxyl groups is 1. The molecule has 0 aliphatic rings. The molecule has 1 amide bonds. The number of nitrogens with zero attached hydrogens (tertiary/aromatic N) is 1. The summed E-state index contributed by atoms with van der Waals surface area (Å²) in [6, 6.07) is 12.1. The SMILES string of the molecule is COc1ccc(O)c(/C(C)=N/NC(=O)CSc2ccc(Cl)cc2)c1. The maximum atomic E-state index is 11.9. The van der Waals surface area contributed by atoms with Crippen molar-refractivity contribution in [3.63, 3.8) is 0 Å². The van der Waals surface area contributed by atoms with Crippen LogP contribution in [0.5, 0.6) is 11.5 Å². The fraction of sp³-hybridized carbons (Fsp3) is 0.176. The molecule has 0 radical (unpaired) electrons. The number of ether oxygens (including phenoxy) is 1. The average Bonchev–Trinajstić information content (AvgIpc) is 2.59. The maximum Gasteiger partial charge on any atom is 0.250 e. The van der Waals surface area contributed by atoms with Crippen LogP contribution in [0.3, 0.4) is 0 Å². The molecule has 0 aliphatic carbocycles. The standard InChI is InChI=1S/C17H17ClN2O3S/c1-11(15-9-13(23-2)5-8-16(15)21)19-20-17(22)10-24-14-6-3-12(18)4-7-14/h3-9,21H,10H2,1-2H3,(H,20,22)/b19-11+. The number of carbonyl (C=O) groups is 1. The van der Waals surface area contributed by atoms with Crippen molar-refractivity contribution >= 4 is 35.0 Å². The molecular formula is C17H17ClN2O3S. The number of carbonyl (C=O) groups excluding carboxylic acids is 1. The predicted molar refractivity (Wildman–Crippen MR) is 97.2 cm³/mol. The number of thioether (sulfide) groups is 1. The quantitative estimate of drug-likeness (QED) is 0.466. The highest BCUT2D eigenvalue weighted by Gasteiger charge is 2.08. The lowest BCUT2D eigenvalue weighted by Crippen LogP contribution is -2.21. The van der Waals surface area contributed by atoms with Gasteiger partial charge in [0.2, 0.25) is 5.91 Å². The minimum atomic E-state index is -0.239. The van der Waals surface area contributed by atoms with Crippen molar-refractivity contribution in [3.05, 3.63) is 53.1 Å². The second kappa shape index (κ2) is 8.61. The highest BCUT2D eigenvalue weighted by Crippen LogP contribution is 2.23. The van der Waals surface area contributed by atoms with Crippen molar-refractivity contribution in [2.45, 2.75) is 11.8 Å². The minimum Gasteiger partial charge on any atom is -0.507 e. The van der Waals surface area contributed by atoms with E-state index in [1.807, 2.05) is 12.1 Å². The van der Waals surface area contributed by atoms with Gasteiger partial charge >= 0.3 is 0 Å². The Morgan fingerprint density at radius 2 is 2.00 bits per heavy atom. The molecule has 0 saturated carbocycles. The van der Waals surface area contributed by atoms with Crippen LogP contribution in [0.25, 0.3) is 0 Å². The van der Waals surface area contributed by atoms with E-state index >= 15 is 0 Å². The van der Waals surface area contributed by atoms with Gasteiger partial charge in [0, 0.05) is 15.5 Å². The number of nitrogens with one attached hydrogen (secondary N) is 1. The molecular weight excluding hydrogens is 348 g/mol. The van der Waals surface area contributed by atoms with Crippen LogP contribution in [-0.2, 0) is 4.79 Å². The number of phenolic OH excluding ortho intramolecular Hbond substituents is 1. The molecule has 0 saturated heterocycles. The summed E-state index contributed by atoms with van der Waals surface area (Å²) in [5, 5.41) is 14.6. The van der Waals surface area contributed by atoms with Gasteiger partial charge < -0.3 is 9.84 Å². The predicted octanol–water partition coefficient (Wildman–Crippen LogP) is 3.69. The van der Waals surface area contributed by atoms with Crippen LogP contribution in [0.1, 0.15) is 12.5 Å². The molecule has 0 heterocycles. The molecule has 2 aromatic carbocycles. The zero-order valence-corrected chi connectivity index (χ0v) is 14.8. The van der Waals surface area contributed by atoms with E-state index in [0.717, 1.165) is 4.90 Å². The maximum absolute atomic E-state index is 11.9. The molecule has 2 aromatic rings. The van der Waals surface area contributed by atoms with Gasteiger partial charge in [-0.15, -0.1) is 11.8 Å². The van der Waals surface area contributed by atoms with Gasteiger partial charge in [0.15, 0.2) is 0 Å². The highest BCUT2D eigenvalue weighted by molar-refractivity contribution is 8.00. The third-order valence-electron chi connectivity index (χ3n) is 3.13. The van der Waals surface area contributed by atoms with Crippen LogP contribution in [0.2, 0.25) is 5.02 Å². The molecule has 0 unspecified atom stereocenters. The van der Waals surface area contributed by atoms with Crippen molar-refractivity contribution in [2.24, 2.45) is 5.10 Å². The first-order chi connectivity index (χ1) is 11.5. The van der Waals surface area contributed by atoms with Crippen molar-refractivity contribution in [1.29, 1.82) is 0 Å². The first-order valence-corrected chi connectivity index (χ1v) is 8.45. The number of hydrazone groups is 1. The first kappa shape index (κ1) is 18.2. The van der Waals surface area contributed by atoms with Gasteiger partial charge in [0.05, 0.1) is 18.6 Å². The molecule has 0 bridgehead atoms. The van der Waals surface area contributed by atoms with E-state index in [4.69, 9.17) is 16.3 Å². The van der Waals surface area contributed by atoms with Crippen molar-refractivity contribution in [2.75, 3.05) is 12.9 Å². The highest BCUT2D eigenvalue weighted by atomic mass is 35.5. The van der Waals surface area contributed by atoms with Crippen molar-refractivity contribution < 1.29 is 14.6 Å². The molecule has 24 heavy (non-hydrogen) atoms. The van der Waals surface area contributed by atoms with Gasteiger partial charge in [-0.1, -0.05) is 11.6 Å². The number of halogens is 1. The lowest BCUT2D eigenvalue weighted by atomic mass is 10.1. The van der Waals surface area contributed by atoms with Crippen LogP contribution in [-0.4, -0.2) is 29.6 Å². The smallest absolute Gasteiger partial charge is 0.250 e. The van der Waals surface area contributed by atoms with Crippen LogP contribution >= 0.6 is 23.4 Å². The Balaban J connectivity index is 1.94. The largest absolute Gasteiger partial charge is 0.507 e. The van der Waals surface area contributed by atoms with Crippen LogP contribution < -0.4 is 10.2 Å². The van der Waals surface area contributed by atoms with Crippen LogP contribution in [0.15, 0.2) is 52.5 Å². The van der Waals surface area contributed by atoms with E-state index in [-0.39, 0.29) is 17.4 Å². The van der Waals surface area contributed by atoms with E-state index in [1.54, 1.807) is 38.3 Å². The van der Waals surface area contributed by atoms with Gasteiger partial charge in [-0.25, -0.2) is 5.43 Å². The number of rotatable bonds is 6. The Morgan fingerprint density at radius 3 is 2.67 bits per heavy atom. The molecule has 2 rings (SSSR count). The van der Waals surface area contributed by atoms with Crippen LogP contribution in [0, 0.1) is 0 Å². The summed E-state index contributed by atoms with van der Waals surface area (Å²) in [5.41, 5.74) is 3.46. The van der Waals surface area contributed by atoms with Crippen molar-refractivity contribution in [1.82, 2.24) is 5.43 Å². The summed E-state index contributed by atoms with van der Waals surface area (Å²) in [6.07, 6.45) is 0. The van der Waals surface area contributed by atoms with Gasteiger partial charge in [0.25, 0.3) is 0 Å². The second-order valence-electron chi connectivity index (χ2n) is 4.86. The summed E-state index contributed by atoms with van der Waals surface area (Å²) in [6.45, 7) is 1.70. The molecule has 5 nitrogen and oxygen atoms in total. The summed E-state index contributed by atoms with van der Waals surface area (Å²) in [4.78, 5) is 12.8. The Hall–Kier alpha value is -2.18. The lowest BCUT2D eigenvalue weighted by molar-refractivity contribution is -0.118. The van der Waals surface area contributed by atoms with E-state index in [2.05, 4.69) is 10.5 Å². The Bertz CT molecular complexity index is 748. The molecule has 0 atom stereocenters. The van der Waals surface area contributed by atoms with Crippen molar-refractivity contribution in [3.8, 4) is 11.5 Å². The van der Waals surface area contributed by atoms with E-state index in [1.165, 1.54) is 17.8 Å². The molecule has 0 fully saturated rings. The third kappa shape index (κ3) is 5.18. The molecule has 0 spiro atoms. The normalized spacial score (nSPS) is 11.2. The van der Waals surface area contributed by atoms with Gasteiger partial charge in [-0.2, -0.15) is 5.10 Å². The summed E-state index contributed by atoms with van der Waals surface area (Å²) in [7, 11) is 1.54. The summed E-state index contributed by atoms with van der Waals surface area (Å²) in [5.74, 6) is 0.656. The number of amides is 1. The van der Waals surface area contributed by atoms with E-state index in [0.29, 0.717) is 22.0 Å². The molecule has 126 valence electrons. The topological polar surface area (TPSA) is 70.9 Å². The number of phenols is 1. The number of hydrogen-bond acceptors (Lipinski definition) is 5. The Morgan fingerprint density at radius 1 is 1.29 bits per heavy atom. The lowest BCUT2D eigenvalue weighted by Gasteiger charge is -2.07. The summed E-state index contributed by atoms with van der Waals surface area (Å²) >= 11 is 7.20. The zero-order chi connectivity index (χ0) is 17.5. The minimum absolute atomic E-state index is 0.0711. The number of methoxy groups -OCH3 is 1. The van der Waals surface area contributed by atoms with Gasteiger partial charge in [-0.3, -0.25) is 4.79 Å². The summed E-state index contributed by atoms with van der Waals surface area (Å²) < 4.78 is 5.12. The molecule has 0 aliphatic heterocycles. The Labute approximate surface area is 149 Å². The molecule has 7 heteroatoms. The van der Waals surface area contributed by atoms with Gasteiger partial charge in [-0.05, 0) is 49.4 Å².